The van der Waals surface area contributed by atoms with Crippen LogP contribution in [0.15, 0.2) is 17.1 Å². The number of carbonyl (C=O) groups excluding carboxylic acids is 2. The maximum absolute atomic E-state index is 11.9. The van der Waals surface area contributed by atoms with Crippen LogP contribution in [0.2, 0.25) is 0 Å². The first-order valence-electron chi connectivity index (χ1n) is 6.75. The zero-order valence-electron chi connectivity index (χ0n) is 12.3. The Balaban J connectivity index is 2.04. The third-order valence-electron chi connectivity index (χ3n) is 3.46. The van der Waals surface area contributed by atoms with Gasteiger partial charge in [0.25, 0.3) is 5.56 Å². The topological polar surface area (TPSA) is 80.2 Å². The lowest BCUT2D eigenvalue weighted by Crippen LogP contribution is -2.45. The standard InChI is InChI=1S/C14H19N3O3S/c1-8-4-10(14(20)17(3)5-8)15-12(18)13(19)16-11-7-21-6-9(11)2/h4-5,9,11H,6-7H2,1-3H3,(H,15,18)(H,16,19). The van der Waals surface area contributed by atoms with Gasteiger partial charge in [-0.2, -0.15) is 11.8 Å². The van der Waals surface area contributed by atoms with Crippen molar-refractivity contribution in [3.8, 4) is 0 Å². The molecular formula is C14H19N3O3S. The molecule has 0 spiro atoms. The molecule has 1 aliphatic rings. The molecule has 6 nitrogen and oxygen atoms in total. The first-order valence-corrected chi connectivity index (χ1v) is 7.91. The van der Waals surface area contributed by atoms with Crippen molar-refractivity contribution in [1.82, 2.24) is 9.88 Å². The van der Waals surface area contributed by atoms with Gasteiger partial charge in [0.1, 0.15) is 5.69 Å². The third-order valence-corrected chi connectivity index (χ3v) is 4.81. The highest BCUT2D eigenvalue weighted by molar-refractivity contribution is 7.99. The second-order valence-corrected chi connectivity index (χ2v) is 6.47. The largest absolute Gasteiger partial charge is 0.344 e. The molecule has 21 heavy (non-hydrogen) atoms. The number of aryl methyl sites for hydroxylation is 2. The molecule has 0 aliphatic carbocycles. The first kappa shape index (κ1) is 15.6. The Morgan fingerprint density at radius 3 is 2.67 bits per heavy atom. The zero-order valence-corrected chi connectivity index (χ0v) is 13.1. The molecule has 1 saturated heterocycles. The van der Waals surface area contributed by atoms with Crippen molar-refractivity contribution in [2.24, 2.45) is 13.0 Å². The lowest BCUT2D eigenvalue weighted by molar-refractivity contribution is -0.136. The fourth-order valence-corrected chi connectivity index (χ4v) is 3.63. The average molecular weight is 309 g/mol. The minimum Gasteiger partial charge on any atom is -0.344 e. The van der Waals surface area contributed by atoms with E-state index < -0.39 is 11.8 Å². The molecule has 2 rings (SSSR count). The summed E-state index contributed by atoms with van der Waals surface area (Å²) in [4.78, 5) is 35.7. The van der Waals surface area contributed by atoms with Crippen molar-refractivity contribution >= 4 is 29.3 Å². The van der Waals surface area contributed by atoms with Crippen molar-refractivity contribution in [3.05, 3.63) is 28.2 Å². The summed E-state index contributed by atoms with van der Waals surface area (Å²) in [7, 11) is 1.60. The SMILES string of the molecule is Cc1cc(NC(=O)C(=O)NC2CSCC2C)c(=O)n(C)c1. The van der Waals surface area contributed by atoms with Gasteiger partial charge in [-0.05, 0) is 30.2 Å². The lowest BCUT2D eigenvalue weighted by Gasteiger charge is -2.16. The number of rotatable bonds is 2. The number of pyridine rings is 1. The smallest absolute Gasteiger partial charge is 0.313 e. The molecule has 114 valence electrons. The molecular weight excluding hydrogens is 290 g/mol. The maximum Gasteiger partial charge on any atom is 0.313 e. The number of hydrogen-bond acceptors (Lipinski definition) is 4. The second-order valence-electron chi connectivity index (χ2n) is 5.40. The Hall–Kier alpha value is -1.76. The molecule has 7 heteroatoms. The van der Waals surface area contributed by atoms with Crippen LogP contribution >= 0.6 is 11.8 Å². The minimum absolute atomic E-state index is 0.00796. The molecule has 2 heterocycles. The second kappa shape index (κ2) is 6.34. The molecule has 1 fully saturated rings. The van der Waals surface area contributed by atoms with Crippen LogP contribution in [-0.4, -0.2) is 33.9 Å². The van der Waals surface area contributed by atoms with Gasteiger partial charge in [0.15, 0.2) is 0 Å². The minimum atomic E-state index is -0.804. The summed E-state index contributed by atoms with van der Waals surface area (Å²) in [6.45, 7) is 3.85. The number of nitrogens with zero attached hydrogens (tertiary/aromatic N) is 1. The van der Waals surface area contributed by atoms with Crippen molar-refractivity contribution in [1.29, 1.82) is 0 Å². The highest BCUT2D eigenvalue weighted by Gasteiger charge is 2.27. The number of nitrogens with one attached hydrogen (secondary N) is 2. The van der Waals surface area contributed by atoms with E-state index >= 15 is 0 Å². The van der Waals surface area contributed by atoms with E-state index in [0.29, 0.717) is 5.92 Å². The Morgan fingerprint density at radius 2 is 2.05 bits per heavy atom. The maximum atomic E-state index is 11.9. The van der Waals surface area contributed by atoms with E-state index in [2.05, 4.69) is 10.6 Å². The summed E-state index contributed by atoms with van der Waals surface area (Å²) in [6.07, 6.45) is 1.66. The zero-order chi connectivity index (χ0) is 15.6. The summed E-state index contributed by atoms with van der Waals surface area (Å²) >= 11 is 1.75. The summed E-state index contributed by atoms with van der Waals surface area (Å²) in [5, 5.41) is 5.11. The Bertz CT molecular complexity index is 626. The van der Waals surface area contributed by atoms with Gasteiger partial charge in [-0.1, -0.05) is 6.92 Å². The molecule has 0 bridgehead atoms. The molecule has 1 aliphatic heterocycles. The van der Waals surface area contributed by atoms with Gasteiger partial charge < -0.3 is 15.2 Å². The van der Waals surface area contributed by atoms with Gasteiger partial charge in [-0.25, -0.2) is 0 Å². The number of amides is 2. The number of carbonyl (C=O) groups is 2. The monoisotopic (exact) mass is 309 g/mol. The Kier molecular flexibility index (Phi) is 4.72. The molecule has 2 atom stereocenters. The normalized spacial score (nSPS) is 21.1. The number of hydrogen-bond donors (Lipinski definition) is 2. The number of thioether (sulfide) groups is 1. The van der Waals surface area contributed by atoms with Gasteiger partial charge in [0.2, 0.25) is 0 Å². The molecule has 0 saturated carbocycles. The summed E-state index contributed by atoms with van der Waals surface area (Å²) in [5.41, 5.74) is 0.603. The van der Waals surface area contributed by atoms with Crippen LogP contribution in [0.25, 0.3) is 0 Å². The fraction of sp³-hybridized carbons (Fsp3) is 0.500. The predicted octanol–water partition coefficient (Wildman–Crippen LogP) is 0.500. The average Bonchev–Trinajstić information content (AvgIpc) is 2.81. The molecule has 1 aromatic rings. The predicted molar refractivity (Wildman–Crippen MR) is 83.5 cm³/mol. The Labute approximate surface area is 127 Å². The fourth-order valence-electron chi connectivity index (χ4n) is 2.23. The van der Waals surface area contributed by atoms with E-state index in [9.17, 15) is 14.4 Å². The van der Waals surface area contributed by atoms with Crippen LogP contribution in [0.3, 0.4) is 0 Å². The molecule has 0 radical (unpaired) electrons. The van der Waals surface area contributed by atoms with Gasteiger partial charge in [-0.15, -0.1) is 0 Å². The van der Waals surface area contributed by atoms with Crippen LogP contribution in [0, 0.1) is 12.8 Å². The van der Waals surface area contributed by atoms with Crippen LogP contribution in [0.1, 0.15) is 12.5 Å². The van der Waals surface area contributed by atoms with E-state index in [1.807, 2.05) is 13.8 Å². The quantitative estimate of drug-likeness (QED) is 0.780. The molecule has 0 aromatic carbocycles. The third kappa shape index (κ3) is 3.66. The molecule has 2 N–H and O–H groups in total. The van der Waals surface area contributed by atoms with Crippen LogP contribution in [0.5, 0.6) is 0 Å². The Morgan fingerprint density at radius 1 is 1.33 bits per heavy atom. The highest BCUT2D eigenvalue weighted by Crippen LogP contribution is 2.23. The lowest BCUT2D eigenvalue weighted by atomic mass is 10.1. The van der Waals surface area contributed by atoms with Crippen molar-refractivity contribution < 1.29 is 9.59 Å². The number of anilines is 1. The van der Waals surface area contributed by atoms with Crippen molar-refractivity contribution in [2.75, 3.05) is 16.8 Å². The van der Waals surface area contributed by atoms with E-state index in [-0.39, 0.29) is 17.3 Å². The van der Waals surface area contributed by atoms with E-state index in [1.165, 1.54) is 4.57 Å². The van der Waals surface area contributed by atoms with Crippen LogP contribution < -0.4 is 16.2 Å². The summed E-state index contributed by atoms with van der Waals surface area (Å²) in [5.74, 6) is 0.635. The van der Waals surface area contributed by atoms with Crippen LogP contribution in [0.4, 0.5) is 5.69 Å². The molecule has 2 unspecified atom stereocenters. The first-order chi connectivity index (χ1) is 9.88. The van der Waals surface area contributed by atoms with Crippen molar-refractivity contribution in [2.45, 2.75) is 19.9 Å². The summed E-state index contributed by atoms with van der Waals surface area (Å²) < 4.78 is 1.37. The van der Waals surface area contributed by atoms with Gasteiger partial charge in [0, 0.05) is 25.0 Å². The van der Waals surface area contributed by atoms with Gasteiger partial charge in [-0.3, -0.25) is 14.4 Å². The van der Waals surface area contributed by atoms with E-state index in [1.54, 1.807) is 31.1 Å². The van der Waals surface area contributed by atoms with Gasteiger partial charge in [0.05, 0.1) is 0 Å². The van der Waals surface area contributed by atoms with E-state index in [0.717, 1.165) is 17.1 Å². The molecule has 2 amide bonds. The number of aromatic nitrogens is 1. The van der Waals surface area contributed by atoms with Gasteiger partial charge >= 0.3 is 11.8 Å². The summed E-state index contributed by atoms with van der Waals surface area (Å²) in [6, 6.07) is 1.57. The van der Waals surface area contributed by atoms with Crippen LogP contribution in [-0.2, 0) is 16.6 Å². The van der Waals surface area contributed by atoms with E-state index in [4.69, 9.17) is 0 Å². The highest BCUT2D eigenvalue weighted by atomic mass is 32.2. The molecule has 1 aromatic heterocycles. The van der Waals surface area contributed by atoms with Crippen molar-refractivity contribution in [3.63, 3.8) is 0 Å².